The van der Waals surface area contributed by atoms with Crippen LogP contribution in [0.2, 0.25) is 5.02 Å². The molecule has 0 saturated carbocycles. The van der Waals surface area contributed by atoms with E-state index >= 15 is 0 Å². The van der Waals surface area contributed by atoms with Crippen LogP contribution in [-0.4, -0.2) is 52.0 Å². The molecule has 0 aromatic heterocycles. The Morgan fingerprint density at radius 3 is 2.61 bits per heavy atom. The van der Waals surface area contributed by atoms with Gasteiger partial charge in [-0.2, -0.15) is 4.31 Å². The van der Waals surface area contributed by atoms with Crippen molar-refractivity contribution in [2.45, 2.75) is 4.90 Å². The fraction of sp³-hybridized carbons (Fsp3) is 0.278. The number of nitrogens with zero attached hydrogens (tertiary/aromatic N) is 1. The van der Waals surface area contributed by atoms with E-state index in [0.29, 0.717) is 13.2 Å². The van der Waals surface area contributed by atoms with Crippen LogP contribution >= 0.6 is 11.6 Å². The molecule has 1 aliphatic heterocycles. The minimum atomic E-state index is -3.77. The molecule has 0 radical (unpaired) electrons. The zero-order chi connectivity index (χ0) is 20.3. The van der Waals surface area contributed by atoms with Crippen molar-refractivity contribution in [2.75, 3.05) is 38.7 Å². The molecule has 1 aliphatic rings. The van der Waals surface area contributed by atoms with Gasteiger partial charge < -0.3 is 14.8 Å². The number of ether oxygens (including phenoxy) is 2. The second-order valence-electron chi connectivity index (χ2n) is 5.96. The van der Waals surface area contributed by atoms with Crippen LogP contribution in [0.1, 0.15) is 10.4 Å². The highest BCUT2D eigenvalue weighted by Crippen LogP contribution is 2.30. The molecule has 0 bridgehead atoms. The Labute approximate surface area is 167 Å². The van der Waals surface area contributed by atoms with Gasteiger partial charge in [0.2, 0.25) is 10.0 Å². The molecule has 1 fully saturated rings. The second kappa shape index (κ2) is 8.44. The Kier molecular flexibility index (Phi) is 6.19. The average Bonchev–Trinajstić information content (AvgIpc) is 2.70. The monoisotopic (exact) mass is 428 g/mol. The Morgan fingerprint density at radius 2 is 1.93 bits per heavy atom. The van der Waals surface area contributed by atoms with Crippen LogP contribution in [0.15, 0.2) is 41.3 Å². The molecule has 0 unspecified atom stereocenters. The predicted molar refractivity (Wildman–Crippen MR) is 102 cm³/mol. The maximum atomic E-state index is 14.0. The van der Waals surface area contributed by atoms with E-state index < -0.39 is 21.7 Å². The van der Waals surface area contributed by atoms with E-state index in [-0.39, 0.29) is 40.0 Å². The fourth-order valence-electron chi connectivity index (χ4n) is 2.74. The third-order valence-corrected chi connectivity index (χ3v) is 6.33. The number of halogens is 2. The molecule has 1 saturated heterocycles. The van der Waals surface area contributed by atoms with Crippen LogP contribution < -0.4 is 10.1 Å². The predicted octanol–water partition coefficient (Wildman–Crippen LogP) is 2.76. The van der Waals surface area contributed by atoms with Crippen LogP contribution in [0.25, 0.3) is 0 Å². The molecule has 10 heteroatoms. The highest BCUT2D eigenvalue weighted by Gasteiger charge is 2.27. The number of nitrogens with one attached hydrogen (secondary N) is 1. The number of carbonyl (C=O) groups is 1. The summed E-state index contributed by atoms with van der Waals surface area (Å²) >= 11 is 5.83. The minimum absolute atomic E-state index is 0.0166. The second-order valence-corrected chi connectivity index (χ2v) is 8.33. The molecular weight excluding hydrogens is 411 g/mol. The van der Waals surface area contributed by atoms with Gasteiger partial charge in [0.15, 0.2) is 0 Å². The van der Waals surface area contributed by atoms with Crippen molar-refractivity contribution >= 4 is 33.2 Å². The Balaban J connectivity index is 1.93. The summed E-state index contributed by atoms with van der Waals surface area (Å²) in [6.45, 7) is 1.10. The largest absolute Gasteiger partial charge is 0.495 e. The number of morpholine rings is 1. The Bertz CT molecular complexity index is 993. The van der Waals surface area contributed by atoms with E-state index in [1.807, 2.05) is 0 Å². The van der Waals surface area contributed by atoms with Gasteiger partial charge >= 0.3 is 0 Å². The summed E-state index contributed by atoms with van der Waals surface area (Å²) in [7, 11) is -2.40. The number of carbonyl (C=O) groups excluding carboxylic acids is 1. The Hall–Kier alpha value is -2.20. The van der Waals surface area contributed by atoms with Crippen molar-refractivity contribution in [3.8, 4) is 5.75 Å². The molecule has 3 rings (SSSR count). The van der Waals surface area contributed by atoms with Crippen LogP contribution in [-0.2, 0) is 14.8 Å². The van der Waals surface area contributed by atoms with Crippen LogP contribution in [0.5, 0.6) is 5.75 Å². The van der Waals surface area contributed by atoms with Gasteiger partial charge in [0.25, 0.3) is 5.91 Å². The van der Waals surface area contributed by atoms with E-state index in [1.54, 1.807) is 0 Å². The molecule has 28 heavy (non-hydrogen) atoms. The van der Waals surface area contributed by atoms with Crippen molar-refractivity contribution in [2.24, 2.45) is 0 Å². The summed E-state index contributed by atoms with van der Waals surface area (Å²) in [4.78, 5) is 12.5. The molecule has 0 atom stereocenters. The standard InChI is InChI=1S/C18H18ClFN2O5S/c1-26-17-5-3-13(28(24,25)22-6-8-27-9-7-22)11-16(17)21-18(23)14-10-12(19)2-4-15(14)20/h2-5,10-11H,6-9H2,1H3,(H,21,23). The summed E-state index contributed by atoms with van der Waals surface area (Å²) in [5, 5.41) is 2.69. The third-order valence-electron chi connectivity index (χ3n) is 4.20. The number of methoxy groups -OCH3 is 1. The first kappa shape index (κ1) is 20.5. The molecule has 2 aromatic carbocycles. The Morgan fingerprint density at radius 1 is 1.21 bits per heavy atom. The summed E-state index contributed by atoms with van der Waals surface area (Å²) in [5.74, 6) is -1.30. The van der Waals surface area contributed by atoms with Gasteiger partial charge in [-0.1, -0.05) is 11.6 Å². The smallest absolute Gasteiger partial charge is 0.258 e. The van der Waals surface area contributed by atoms with Gasteiger partial charge in [0, 0.05) is 18.1 Å². The quantitative estimate of drug-likeness (QED) is 0.791. The number of benzene rings is 2. The lowest BCUT2D eigenvalue weighted by Gasteiger charge is -2.26. The fourth-order valence-corrected chi connectivity index (χ4v) is 4.35. The lowest BCUT2D eigenvalue weighted by atomic mass is 10.2. The molecule has 2 aromatic rings. The van der Waals surface area contributed by atoms with E-state index in [4.69, 9.17) is 21.1 Å². The highest BCUT2D eigenvalue weighted by atomic mass is 35.5. The molecule has 0 aliphatic carbocycles. The first-order valence-corrected chi connectivity index (χ1v) is 10.2. The molecular formula is C18H18ClFN2O5S. The number of hydrogen-bond acceptors (Lipinski definition) is 5. The van der Waals surface area contributed by atoms with Crippen molar-refractivity contribution < 1.29 is 27.1 Å². The molecule has 1 N–H and O–H groups in total. The van der Waals surface area contributed by atoms with Crippen molar-refractivity contribution in [3.63, 3.8) is 0 Å². The van der Waals surface area contributed by atoms with E-state index in [1.165, 1.54) is 41.7 Å². The summed E-state index contributed by atoms with van der Waals surface area (Å²) < 4.78 is 51.3. The van der Waals surface area contributed by atoms with Crippen molar-refractivity contribution in [1.29, 1.82) is 0 Å². The lowest BCUT2D eigenvalue weighted by molar-refractivity contribution is 0.0730. The molecule has 1 heterocycles. The highest BCUT2D eigenvalue weighted by molar-refractivity contribution is 7.89. The first-order chi connectivity index (χ1) is 13.3. The van der Waals surface area contributed by atoms with E-state index in [0.717, 1.165) is 6.07 Å². The topological polar surface area (TPSA) is 84.9 Å². The zero-order valence-corrected chi connectivity index (χ0v) is 16.5. The van der Waals surface area contributed by atoms with Crippen LogP contribution in [0.3, 0.4) is 0 Å². The summed E-state index contributed by atoms with van der Waals surface area (Å²) in [6.07, 6.45) is 0. The molecule has 150 valence electrons. The van der Waals surface area contributed by atoms with Crippen LogP contribution in [0, 0.1) is 5.82 Å². The summed E-state index contributed by atoms with van der Waals surface area (Å²) in [5.41, 5.74) is -0.169. The molecule has 1 amide bonds. The molecule has 0 spiro atoms. The van der Waals surface area contributed by atoms with Gasteiger partial charge in [0.1, 0.15) is 11.6 Å². The van der Waals surface area contributed by atoms with Gasteiger partial charge in [-0.05, 0) is 36.4 Å². The number of sulfonamides is 1. The lowest BCUT2D eigenvalue weighted by Crippen LogP contribution is -2.40. The number of rotatable bonds is 5. The average molecular weight is 429 g/mol. The first-order valence-electron chi connectivity index (χ1n) is 8.35. The normalized spacial score (nSPS) is 15.2. The molecule has 7 nitrogen and oxygen atoms in total. The van der Waals surface area contributed by atoms with E-state index in [2.05, 4.69) is 5.32 Å². The van der Waals surface area contributed by atoms with Gasteiger partial charge in [0.05, 0.1) is 36.5 Å². The number of amides is 1. The number of anilines is 1. The van der Waals surface area contributed by atoms with Gasteiger partial charge in [-0.3, -0.25) is 4.79 Å². The van der Waals surface area contributed by atoms with E-state index in [9.17, 15) is 17.6 Å². The SMILES string of the molecule is COc1ccc(S(=O)(=O)N2CCOCC2)cc1NC(=O)c1cc(Cl)ccc1F. The zero-order valence-electron chi connectivity index (χ0n) is 14.9. The third kappa shape index (κ3) is 4.27. The van der Waals surface area contributed by atoms with Crippen molar-refractivity contribution in [3.05, 3.63) is 52.8 Å². The summed E-state index contributed by atoms with van der Waals surface area (Å²) in [6, 6.07) is 7.69. The van der Waals surface area contributed by atoms with Crippen LogP contribution in [0.4, 0.5) is 10.1 Å². The maximum absolute atomic E-state index is 14.0. The minimum Gasteiger partial charge on any atom is -0.495 e. The van der Waals surface area contributed by atoms with Gasteiger partial charge in [-0.25, -0.2) is 12.8 Å². The number of hydrogen-bond donors (Lipinski definition) is 1. The van der Waals surface area contributed by atoms with Gasteiger partial charge in [-0.15, -0.1) is 0 Å². The van der Waals surface area contributed by atoms with Crippen molar-refractivity contribution in [1.82, 2.24) is 4.31 Å². The maximum Gasteiger partial charge on any atom is 0.258 e.